The average molecular weight is 359 g/mol. The molecule has 2 aromatic rings. The molecule has 0 spiro atoms. The van der Waals surface area contributed by atoms with Gasteiger partial charge in [0.2, 0.25) is 0 Å². The van der Waals surface area contributed by atoms with E-state index in [1.54, 1.807) is 0 Å². The number of morpholine rings is 1. The first-order valence-corrected chi connectivity index (χ1v) is 8.28. The maximum atomic E-state index is 6.63. The second kappa shape index (κ2) is 6.11. The van der Waals surface area contributed by atoms with Crippen LogP contribution in [0.3, 0.4) is 0 Å². The molecular weight excluding hydrogens is 343 g/mol. The molecule has 1 aromatic carbocycles. The van der Waals surface area contributed by atoms with Gasteiger partial charge in [0.25, 0.3) is 0 Å². The molecule has 4 rings (SSSR count). The smallest absolute Gasteiger partial charge is 0.189 e. The summed E-state index contributed by atoms with van der Waals surface area (Å²) in [5.41, 5.74) is 2.17. The van der Waals surface area contributed by atoms with E-state index in [-0.39, 0.29) is 11.3 Å². The first-order valence-electron chi connectivity index (χ1n) is 7.52. The van der Waals surface area contributed by atoms with E-state index in [2.05, 4.69) is 10.1 Å². The van der Waals surface area contributed by atoms with Crippen molar-refractivity contribution in [2.45, 2.75) is 19.3 Å². The summed E-state index contributed by atoms with van der Waals surface area (Å²) in [6.07, 6.45) is -0.344. The van der Waals surface area contributed by atoms with Crippen LogP contribution in [0.5, 0.6) is 0 Å². The number of benzene rings is 1. The number of hydrogen-bond donors (Lipinski definition) is 0. The summed E-state index contributed by atoms with van der Waals surface area (Å²) in [5.74, 6) is 0. The Hall–Kier alpha value is -1.05. The minimum Gasteiger partial charge on any atom is -0.375 e. The summed E-state index contributed by atoms with van der Waals surface area (Å²) in [6, 6.07) is 1.89. The largest absolute Gasteiger partial charge is 0.375 e. The molecule has 3 heterocycles. The van der Waals surface area contributed by atoms with Crippen molar-refractivity contribution in [3.63, 3.8) is 0 Å². The van der Waals surface area contributed by atoms with Gasteiger partial charge in [-0.2, -0.15) is 0 Å². The molecule has 1 aromatic heterocycles. The molecule has 2 fully saturated rings. The molecule has 0 bridgehead atoms. The zero-order valence-corrected chi connectivity index (χ0v) is 14.1. The minimum atomic E-state index is -0.462. The van der Waals surface area contributed by atoms with Crippen LogP contribution >= 0.6 is 23.2 Å². The lowest BCUT2D eigenvalue weighted by Crippen LogP contribution is -2.41. The first kappa shape index (κ1) is 15.5. The quantitative estimate of drug-likeness (QED) is 0.819. The third-order valence-electron chi connectivity index (χ3n) is 4.10. The lowest BCUT2D eigenvalue weighted by Gasteiger charge is -2.35. The molecular formula is C15H16Cl2N2O4. The number of nitrogens with zero attached hydrogens (tertiary/aromatic N) is 2. The van der Waals surface area contributed by atoms with Gasteiger partial charge in [0, 0.05) is 18.7 Å². The molecule has 2 saturated heterocycles. The molecule has 1 unspecified atom stereocenters. The Balaban J connectivity index is 1.88. The van der Waals surface area contributed by atoms with Crippen LogP contribution in [0.1, 0.15) is 18.8 Å². The zero-order chi connectivity index (χ0) is 16.0. The zero-order valence-electron chi connectivity index (χ0n) is 12.6. The van der Waals surface area contributed by atoms with E-state index in [1.165, 1.54) is 0 Å². The van der Waals surface area contributed by atoms with Gasteiger partial charge in [-0.3, -0.25) is 0 Å². The van der Waals surface area contributed by atoms with E-state index in [4.69, 9.17) is 41.9 Å². The topological polar surface area (TPSA) is 57.0 Å². The average Bonchev–Trinajstić information content (AvgIpc) is 3.17. The molecule has 0 amide bonds. The van der Waals surface area contributed by atoms with Crippen molar-refractivity contribution < 1.29 is 18.7 Å². The lowest BCUT2D eigenvalue weighted by atomic mass is 10.1. The fourth-order valence-electron chi connectivity index (χ4n) is 3.08. The molecule has 8 heteroatoms. The number of rotatable bonds is 2. The second-order valence-corrected chi connectivity index (χ2v) is 6.42. The summed E-state index contributed by atoms with van der Waals surface area (Å²) in [5, 5.41) is 5.23. The van der Waals surface area contributed by atoms with Crippen LogP contribution in [-0.4, -0.2) is 44.2 Å². The third-order valence-corrected chi connectivity index (χ3v) is 4.72. The predicted molar refractivity (Wildman–Crippen MR) is 86.3 cm³/mol. The van der Waals surface area contributed by atoms with Gasteiger partial charge in [0.1, 0.15) is 5.02 Å². The highest BCUT2D eigenvalue weighted by Gasteiger charge is 2.31. The van der Waals surface area contributed by atoms with Crippen LogP contribution in [0.4, 0.5) is 5.69 Å². The number of hydrogen-bond acceptors (Lipinski definition) is 6. The molecule has 2 aliphatic heterocycles. The molecule has 23 heavy (non-hydrogen) atoms. The van der Waals surface area contributed by atoms with Crippen molar-refractivity contribution in [1.29, 1.82) is 0 Å². The normalized spacial score (nSPS) is 23.1. The van der Waals surface area contributed by atoms with Crippen molar-refractivity contribution in [3.8, 4) is 0 Å². The summed E-state index contributed by atoms with van der Waals surface area (Å²) in [4.78, 5) is 2.17. The van der Waals surface area contributed by atoms with E-state index >= 15 is 0 Å². The summed E-state index contributed by atoms with van der Waals surface area (Å²) >= 11 is 12.7. The minimum absolute atomic E-state index is 0.118. The van der Waals surface area contributed by atoms with E-state index in [0.29, 0.717) is 35.8 Å². The van der Waals surface area contributed by atoms with Gasteiger partial charge >= 0.3 is 0 Å². The van der Waals surface area contributed by atoms with Crippen LogP contribution < -0.4 is 4.90 Å². The number of aromatic nitrogens is 1. The Morgan fingerprint density at radius 2 is 1.96 bits per heavy atom. The molecule has 2 aliphatic rings. The third kappa shape index (κ3) is 2.68. The van der Waals surface area contributed by atoms with Crippen molar-refractivity contribution in [2.75, 3.05) is 37.8 Å². The van der Waals surface area contributed by atoms with Gasteiger partial charge in [-0.25, -0.2) is 0 Å². The van der Waals surface area contributed by atoms with Crippen molar-refractivity contribution in [2.24, 2.45) is 0 Å². The van der Waals surface area contributed by atoms with Crippen molar-refractivity contribution in [1.82, 2.24) is 5.16 Å². The Morgan fingerprint density at radius 3 is 2.70 bits per heavy atom. The fourth-order valence-corrected chi connectivity index (χ4v) is 3.62. The van der Waals surface area contributed by atoms with Gasteiger partial charge < -0.3 is 23.6 Å². The SMILES string of the molecule is CC1CN(c2c(C3OCCO3)cc3c(Cl)noc3c2Cl)CCO1. The number of ether oxygens (including phenoxy) is 3. The Morgan fingerprint density at radius 1 is 1.17 bits per heavy atom. The second-order valence-electron chi connectivity index (χ2n) is 5.68. The van der Waals surface area contributed by atoms with Gasteiger partial charge in [-0.05, 0) is 13.0 Å². The van der Waals surface area contributed by atoms with Crippen LogP contribution in [-0.2, 0) is 14.2 Å². The van der Waals surface area contributed by atoms with E-state index in [9.17, 15) is 0 Å². The van der Waals surface area contributed by atoms with E-state index < -0.39 is 6.29 Å². The van der Waals surface area contributed by atoms with Gasteiger partial charge in [0.05, 0.1) is 37.0 Å². The van der Waals surface area contributed by atoms with Crippen LogP contribution in [0.25, 0.3) is 11.0 Å². The van der Waals surface area contributed by atoms with Gasteiger partial charge in [-0.1, -0.05) is 28.4 Å². The van der Waals surface area contributed by atoms with E-state index in [0.717, 1.165) is 24.3 Å². The first-order chi connectivity index (χ1) is 11.1. The number of halogens is 2. The molecule has 1 atom stereocenters. The monoisotopic (exact) mass is 358 g/mol. The Labute approximate surface area is 143 Å². The molecule has 0 N–H and O–H groups in total. The summed E-state index contributed by atoms with van der Waals surface area (Å²) in [7, 11) is 0. The predicted octanol–water partition coefficient (Wildman–Crippen LogP) is 3.41. The van der Waals surface area contributed by atoms with Crippen LogP contribution in [0.15, 0.2) is 10.6 Å². The molecule has 6 nitrogen and oxygen atoms in total. The van der Waals surface area contributed by atoms with Gasteiger partial charge in [-0.15, -0.1) is 0 Å². The maximum Gasteiger partial charge on any atom is 0.189 e. The fraction of sp³-hybridized carbons (Fsp3) is 0.533. The maximum absolute atomic E-state index is 6.63. The number of fused-ring (bicyclic) bond motifs is 1. The Bertz CT molecular complexity index is 730. The van der Waals surface area contributed by atoms with Crippen LogP contribution in [0, 0.1) is 0 Å². The number of anilines is 1. The van der Waals surface area contributed by atoms with Crippen LogP contribution in [0.2, 0.25) is 10.2 Å². The molecule has 124 valence electrons. The highest BCUT2D eigenvalue weighted by molar-refractivity contribution is 6.40. The molecule has 0 radical (unpaired) electrons. The van der Waals surface area contributed by atoms with Crippen molar-refractivity contribution >= 4 is 39.9 Å². The Kier molecular flexibility index (Phi) is 4.11. The van der Waals surface area contributed by atoms with E-state index in [1.807, 2.05) is 13.0 Å². The van der Waals surface area contributed by atoms with Gasteiger partial charge in [0.15, 0.2) is 17.0 Å². The highest BCUT2D eigenvalue weighted by atomic mass is 35.5. The summed E-state index contributed by atoms with van der Waals surface area (Å²) in [6.45, 7) is 5.24. The summed E-state index contributed by atoms with van der Waals surface area (Å²) < 4.78 is 22.3. The molecule has 0 aliphatic carbocycles. The molecule has 0 saturated carbocycles. The van der Waals surface area contributed by atoms with Crippen molar-refractivity contribution in [3.05, 3.63) is 21.8 Å². The lowest BCUT2D eigenvalue weighted by molar-refractivity contribution is -0.0438. The highest BCUT2D eigenvalue weighted by Crippen LogP contribution is 2.44. The standard InChI is InChI=1S/C15H16Cl2N2O4/c1-8-7-19(2-3-20-8)12-9(15-21-4-5-22-15)6-10-13(11(12)16)23-18-14(10)17/h6,8,15H,2-5,7H2,1H3.